The Morgan fingerprint density at radius 1 is 1.33 bits per heavy atom. The van der Waals surface area contributed by atoms with E-state index in [1.807, 2.05) is 0 Å². The molecule has 1 amide bonds. The highest BCUT2D eigenvalue weighted by atomic mass is 35.5. The Labute approximate surface area is 142 Å². The van der Waals surface area contributed by atoms with Crippen molar-refractivity contribution < 1.29 is 22.7 Å². The molecule has 0 unspecified atom stereocenters. The number of aromatic nitrogens is 1. The molecule has 0 atom stereocenters. The van der Waals surface area contributed by atoms with Crippen LogP contribution in [0.25, 0.3) is 10.9 Å². The number of hydrogen-bond donors (Lipinski definition) is 0. The number of hydrogen-bond acceptors (Lipinski definition) is 3. The Kier molecular flexibility index (Phi) is 5.88. The smallest absolute Gasteiger partial charge is 0.406 e. The summed E-state index contributed by atoms with van der Waals surface area (Å²) < 4.78 is 43.0. The van der Waals surface area contributed by atoms with E-state index in [0.717, 1.165) is 4.90 Å². The lowest BCUT2D eigenvalue weighted by Gasteiger charge is -2.23. The SMILES string of the molecule is CCCN(CC(F)(F)F)C(=O)COc1ccc(Cl)c2cccnc12. The van der Waals surface area contributed by atoms with Gasteiger partial charge >= 0.3 is 6.18 Å². The number of ether oxygens (including phenoxy) is 1. The fourth-order valence-corrected chi connectivity index (χ4v) is 2.45. The van der Waals surface area contributed by atoms with E-state index in [2.05, 4.69) is 4.98 Å². The predicted molar refractivity (Wildman–Crippen MR) is 85.2 cm³/mol. The van der Waals surface area contributed by atoms with E-state index in [9.17, 15) is 18.0 Å². The van der Waals surface area contributed by atoms with Gasteiger partial charge in [0, 0.05) is 18.1 Å². The van der Waals surface area contributed by atoms with Crippen molar-refractivity contribution in [2.24, 2.45) is 0 Å². The molecule has 1 aromatic heterocycles. The zero-order valence-electron chi connectivity index (χ0n) is 12.9. The number of fused-ring (bicyclic) bond motifs is 1. The van der Waals surface area contributed by atoms with Crippen molar-refractivity contribution in [2.45, 2.75) is 19.5 Å². The van der Waals surface area contributed by atoms with Crippen LogP contribution in [0.2, 0.25) is 5.02 Å². The molecule has 2 aromatic rings. The zero-order chi connectivity index (χ0) is 17.7. The number of pyridine rings is 1. The molecule has 0 aliphatic heterocycles. The molecule has 0 fully saturated rings. The number of carbonyl (C=O) groups excluding carboxylic acids is 1. The molecular formula is C16H16ClF3N2O2. The Morgan fingerprint density at radius 3 is 2.75 bits per heavy atom. The Bertz CT molecular complexity index is 722. The summed E-state index contributed by atoms with van der Waals surface area (Å²) in [6, 6.07) is 6.58. The van der Waals surface area contributed by atoms with Gasteiger partial charge in [-0.15, -0.1) is 0 Å². The van der Waals surface area contributed by atoms with Gasteiger partial charge in [0.2, 0.25) is 0 Å². The first kappa shape index (κ1) is 18.3. The van der Waals surface area contributed by atoms with Gasteiger partial charge in [0.1, 0.15) is 17.8 Å². The fraction of sp³-hybridized carbons (Fsp3) is 0.375. The minimum absolute atomic E-state index is 0.0152. The van der Waals surface area contributed by atoms with E-state index < -0.39 is 25.2 Å². The molecule has 0 spiro atoms. The lowest BCUT2D eigenvalue weighted by molar-refractivity contribution is -0.162. The van der Waals surface area contributed by atoms with Crippen molar-refractivity contribution in [3.8, 4) is 5.75 Å². The van der Waals surface area contributed by atoms with E-state index in [0.29, 0.717) is 28.1 Å². The third-order valence-electron chi connectivity index (χ3n) is 3.25. The van der Waals surface area contributed by atoms with Gasteiger partial charge in [0.25, 0.3) is 5.91 Å². The molecule has 4 nitrogen and oxygen atoms in total. The number of rotatable bonds is 6. The molecule has 8 heteroatoms. The molecule has 2 rings (SSSR count). The Hall–Kier alpha value is -2.02. The van der Waals surface area contributed by atoms with E-state index in [-0.39, 0.29) is 6.54 Å². The molecular weight excluding hydrogens is 345 g/mol. The van der Waals surface area contributed by atoms with E-state index in [1.54, 1.807) is 37.4 Å². The molecule has 24 heavy (non-hydrogen) atoms. The minimum Gasteiger partial charge on any atom is -0.481 e. The highest BCUT2D eigenvalue weighted by Crippen LogP contribution is 2.29. The third kappa shape index (κ3) is 4.74. The van der Waals surface area contributed by atoms with Crippen molar-refractivity contribution in [2.75, 3.05) is 19.7 Å². The summed E-state index contributed by atoms with van der Waals surface area (Å²) in [5, 5.41) is 1.12. The number of amides is 1. The number of alkyl halides is 3. The topological polar surface area (TPSA) is 42.4 Å². The average Bonchev–Trinajstić information content (AvgIpc) is 2.52. The van der Waals surface area contributed by atoms with Crippen molar-refractivity contribution in [3.63, 3.8) is 0 Å². The zero-order valence-corrected chi connectivity index (χ0v) is 13.7. The summed E-state index contributed by atoms with van der Waals surface area (Å²) >= 11 is 6.06. The van der Waals surface area contributed by atoms with Crippen LogP contribution in [-0.2, 0) is 4.79 Å². The first-order valence-electron chi connectivity index (χ1n) is 7.32. The molecule has 1 aromatic carbocycles. The summed E-state index contributed by atoms with van der Waals surface area (Å²) in [7, 11) is 0. The molecule has 0 saturated heterocycles. The van der Waals surface area contributed by atoms with Crippen LogP contribution in [-0.4, -0.2) is 41.7 Å². The van der Waals surface area contributed by atoms with Crippen molar-refractivity contribution >= 4 is 28.4 Å². The van der Waals surface area contributed by atoms with Gasteiger partial charge < -0.3 is 9.64 Å². The van der Waals surface area contributed by atoms with Gasteiger partial charge in [0.15, 0.2) is 6.61 Å². The summed E-state index contributed by atoms with van der Waals surface area (Å²) in [6.07, 6.45) is -2.48. The molecule has 0 aliphatic carbocycles. The van der Waals surface area contributed by atoms with Crippen molar-refractivity contribution in [3.05, 3.63) is 35.5 Å². The van der Waals surface area contributed by atoms with Crippen LogP contribution in [0.1, 0.15) is 13.3 Å². The molecule has 0 N–H and O–H groups in total. The lowest BCUT2D eigenvalue weighted by atomic mass is 10.2. The van der Waals surface area contributed by atoms with Crippen molar-refractivity contribution in [1.82, 2.24) is 9.88 Å². The number of carbonyl (C=O) groups is 1. The highest BCUT2D eigenvalue weighted by molar-refractivity contribution is 6.35. The Balaban J connectivity index is 2.12. The molecule has 130 valence electrons. The van der Waals surface area contributed by atoms with Crippen LogP contribution in [0.15, 0.2) is 30.5 Å². The van der Waals surface area contributed by atoms with Crippen LogP contribution in [0.5, 0.6) is 5.75 Å². The van der Waals surface area contributed by atoms with Crippen LogP contribution < -0.4 is 4.74 Å². The van der Waals surface area contributed by atoms with Crippen molar-refractivity contribution in [1.29, 1.82) is 0 Å². The van der Waals surface area contributed by atoms with Crippen LogP contribution in [0, 0.1) is 0 Å². The second-order valence-corrected chi connectivity index (χ2v) is 5.57. The summed E-state index contributed by atoms with van der Waals surface area (Å²) in [6.45, 7) is -0.0680. The minimum atomic E-state index is -4.45. The standard InChI is InChI=1S/C16H16ClF3N2O2/c1-2-8-22(10-16(18,19)20)14(23)9-24-13-6-5-12(17)11-4-3-7-21-15(11)13/h3-7H,2,8-10H2,1H3. The molecule has 0 aliphatic rings. The highest BCUT2D eigenvalue weighted by Gasteiger charge is 2.32. The quantitative estimate of drug-likeness (QED) is 0.780. The number of halogens is 4. The number of benzene rings is 1. The fourth-order valence-electron chi connectivity index (χ4n) is 2.24. The molecule has 0 bridgehead atoms. The first-order chi connectivity index (χ1) is 11.3. The maximum absolute atomic E-state index is 12.5. The summed E-state index contributed by atoms with van der Waals surface area (Å²) in [5.74, 6) is -0.431. The lowest BCUT2D eigenvalue weighted by Crippen LogP contribution is -2.41. The van der Waals surface area contributed by atoms with Crippen LogP contribution in [0.4, 0.5) is 13.2 Å². The van der Waals surface area contributed by atoms with Gasteiger partial charge in [-0.1, -0.05) is 18.5 Å². The summed E-state index contributed by atoms with van der Waals surface area (Å²) in [5.41, 5.74) is 0.454. The van der Waals surface area contributed by atoms with Gasteiger partial charge in [-0.05, 0) is 30.7 Å². The first-order valence-corrected chi connectivity index (χ1v) is 7.70. The van der Waals surface area contributed by atoms with Gasteiger partial charge in [-0.3, -0.25) is 9.78 Å². The van der Waals surface area contributed by atoms with Gasteiger partial charge in [0.05, 0.1) is 5.02 Å². The second kappa shape index (κ2) is 7.70. The van der Waals surface area contributed by atoms with Crippen LogP contribution in [0.3, 0.4) is 0 Å². The van der Waals surface area contributed by atoms with Gasteiger partial charge in [-0.25, -0.2) is 0 Å². The molecule has 1 heterocycles. The number of nitrogens with zero attached hydrogens (tertiary/aromatic N) is 2. The monoisotopic (exact) mass is 360 g/mol. The van der Waals surface area contributed by atoms with E-state index in [1.165, 1.54) is 0 Å². The molecule has 0 saturated carbocycles. The maximum Gasteiger partial charge on any atom is 0.406 e. The third-order valence-corrected chi connectivity index (χ3v) is 3.58. The van der Waals surface area contributed by atoms with Crippen LogP contribution >= 0.6 is 11.6 Å². The largest absolute Gasteiger partial charge is 0.481 e. The van der Waals surface area contributed by atoms with E-state index >= 15 is 0 Å². The maximum atomic E-state index is 12.5. The molecule has 0 radical (unpaired) electrons. The normalized spacial score (nSPS) is 11.5. The summed E-state index contributed by atoms with van der Waals surface area (Å²) in [4.78, 5) is 16.9. The predicted octanol–water partition coefficient (Wildman–Crippen LogP) is 4.07. The average molecular weight is 361 g/mol. The second-order valence-electron chi connectivity index (χ2n) is 5.16. The van der Waals surface area contributed by atoms with E-state index in [4.69, 9.17) is 16.3 Å². The van der Waals surface area contributed by atoms with Gasteiger partial charge in [-0.2, -0.15) is 13.2 Å². The Morgan fingerprint density at radius 2 is 2.08 bits per heavy atom.